The quantitative estimate of drug-likeness (QED) is 0.713. The van der Waals surface area contributed by atoms with Gasteiger partial charge >= 0.3 is 0 Å². The number of Topliss-reactive ketones (excluding diaryl/α,β-unsaturated/α-hetero) is 1. The van der Waals surface area contributed by atoms with Crippen molar-refractivity contribution in [3.05, 3.63) is 35.0 Å². The number of hydrogen-bond acceptors (Lipinski definition) is 1. The summed E-state index contributed by atoms with van der Waals surface area (Å²) in [4.78, 5) is 11.6. The Hall–Kier alpha value is -1.28. The molecule has 0 amide bonds. The van der Waals surface area contributed by atoms with E-state index in [9.17, 15) is 4.79 Å². The van der Waals surface area contributed by atoms with Crippen molar-refractivity contribution in [2.75, 3.05) is 0 Å². The van der Waals surface area contributed by atoms with Gasteiger partial charge in [0, 0.05) is 29.4 Å². The van der Waals surface area contributed by atoms with Crippen molar-refractivity contribution in [3.8, 4) is 0 Å². The highest BCUT2D eigenvalue weighted by Crippen LogP contribution is 2.23. The molecule has 15 heavy (non-hydrogen) atoms. The van der Waals surface area contributed by atoms with Gasteiger partial charge in [-0.3, -0.25) is 4.79 Å². The van der Waals surface area contributed by atoms with Gasteiger partial charge in [-0.05, 0) is 24.3 Å². The van der Waals surface area contributed by atoms with Gasteiger partial charge in [0.05, 0.1) is 5.69 Å². The number of halogens is 1. The van der Waals surface area contributed by atoms with Crippen LogP contribution in [0.1, 0.15) is 23.8 Å². The van der Waals surface area contributed by atoms with Crippen LogP contribution in [-0.4, -0.2) is 10.4 Å². The molecule has 0 spiro atoms. The Labute approximate surface area is 93.5 Å². The molecule has 0 saturated heterocycles. The Bertz CT molecular complexity index is 528. The highest BCUT2D eigenvalue weighted by atomic mass is 35.5. The van der Waals surface area contributed by atoms with Crippen molar-refractivity contribution in [1.82, 2.24) is 4.57 Å². The summed E-state index contributed by atoms with van der Waals surface area (Å²) in [6.45, 7) is 1.87. The molecule has 2 aromatic rings. The van der Waals surface area contributed by atoms with Crippen molar-refractivity contribution in [2.24, 2.45) is 7.05 Å². The van der Waals surface area contributed by atoms with Crippen LogP contribution in [0.3, 0.4) is 0 Å². The third-order valence-corrected chi connectivity index (χ3v) is 2.85. The molecule has 2 rings (SSSR count). The fourth-order valence-electron chi connectivity index (χ4n) is 1.77. The van der Waals surface area contributed by atoms with Crippen molar-refractivity contribution in [2.45, 2.75) is 13.3 Å². The molecule has 3 heteroatoms. The fraction of sp³-hybridized carbons (Fsp3) is 0.250. The summed E-state index contributed by atoms with van der Waals surface area (Å²) < 4.78 is 1.91. The molecule has 1 aromatic heterocycles. The summed E-state index contributed by atoms with van der Waals surface area (Å²) in [6.07, 6.45) is 0.526. The second-order valence-electron chi connectivity index (χ2n) is 3.57. The third kappa shape index (κ3) is 1.65. The van der Waals surface area contributed by atoms with E-state index in [1.807, 2.05) is 42.8 Å². The molecular formula is C12H12ClNO. The van der Waals surface area contributed by atoms with Gasteiger partial charge in [0.2, 0.25) is 0 Å². The Morgan fingerprint density at radius 3 is 2.80 bits per heavy atom. The van der Waals surface area contributed by atoms with Crippen LogP contribution in [0.4, 0.5) is 0 Å². The summed E-state index contributed by atoms with van der Waals surface area (Å²) in [5.74, 6) is 0.157. The summed E-state index contributed by atoms with van der Waals surface area (Å²) in [6, 6.07) is 7.55. The van der Waals surface area contributed by atoms with E-state index in [-0.39, 0.29) is 5.78 Å². The highest BCUT2D eigenvalue weighted by molar-refractivity contribution is 6.31. The predicted octanol–water partition coefficient (Wildman–Crippen LogP) is 3.42. The van der Waals surface area contributed by atoms with Crippen LogP contribution in [0.25, 0.3) is 10.9 Å². The van der Waals surface area contributed by atoms with Gasteiger partial charge in [0.15, 0.2) is 5.78 Å². The van der Waals surface area contributed by atoms with Crippen molar-refractivity contribution >= 4 is 28.3 Å². The van der Waals surface area contributed by atoms with E-state index in [1.165, 1.54) is 0 Å². The maximum absolute atomic E-state index is 11.6. The van der Waals surface area contributed by atoms with E-state index < -0.39 is 0 Å². The number of hydrogen-bond donors (Lipinski definition) is 0. The molecule has 1 heterocycles. The Balaban J connectivity index is 2.69. The van der Waals surface area contributed by atoms with Crippen LogP contribution in [-0.2, 0) is 7.05 Å². The molecule has 0 atom stereocenters. The molecule has 0 fully saturated rings. The van der Waals surface area contributed by atoms with Gasteiger partial charge in [-0.1, -0.05) is 18.5 Å². The minimum atomic E-state index is 0.157. The first-order valence-corrected chi connectivity index (χ1v) is 5.29. The minimum absolute atomic E-state index is 0.157. The monoisotopic (exact) mass is 221 g/mol. The summed E-state index contributed by atoms with van der Waals surface area (Å²) in [5.41, 5.74) is 1.78. The van der Waals surface area contributed by atoms with E-state index in [1.54, 1.807) is 0 Å². The van der Waals surface area contributed by atoms with E-state index >= 15 is 0 Å². The lowest BCUT2D eigenvalue weighted by Gasteiger charge is -2.00. The van der Waals surface area contributed by atoms with Gasteiger partial charge in [-0.15, -0.1) is 0 Å². The van der Waals surface area contributed by atoms with Crippen LogP contribution in [0.5, 0.6) is 0 Å². The first-order valence-electron chi connectivity index (χ1n) is 4.91. The van der Waals surface area contributed by atoms with Crippen LogP contribution < -0.4 is 0 Å². The minimum Gasteiger partial charge on any atom is -0.341 e. The molecular weight excluding hydrogens is 210 g/mol. The molecule has 0 saturated carbocycles. The number of aromatic nitrogens is 1. The van der Waals surface area contributed by atoms with Crippen LogP contribution in [0.2, 0.25) is 5.02 Å². The normalized spacial score (nSPS) is 10.9. The zero-order valence-corrected chi connectivity index (χ0v) is 9.51. The van der Waals surface area contributed by atoms with Gasteiger partial charge in [0.25, 0.3) is 0 Å². The number of nitrogens with zero attached hydrogens (tertiary/aromatic N) is 1. The molecule has 0 aliphatic heterocycles. The van der Waals surface area contributed by atoms with E-state index in [0.717, 1.165) is 16.6 Å². The Kier molecular flexibility index (Phi) is 2.53. The second-order valence-corrected chi connectivity index (χ2v) is 4.00. The second kappa shape index (κ2) is 3.70. The van der Waals surface area contributed by atoms with E-state index in [0.29, 0.717) is 11.4 Å². The molecule has 1 aromatic carbocycles. The smallest absolute Gasteiger partial charge is 0.178 e. The lowest BCUT2D eigenvalue weighted by Crippen LogP contribution is -2.03. The third-order valence-electron chi connectivity index (χ3n) is 2.61. The van der Waals surface area contributed by atoms with Gasteiger partial charge in [0.1, 0.15) is 0 Å². The lowest BCUT2D eigenvalue weighted by atomic mass is 10.2. The maximum atomic E-state index is 11.6. The number of rotatable bonds is 2. The van der Waals surface area contributed by atoms with Gasteiger partial charge in [-0.25, -0.2) is 0 Å². The number of fused-ring (bicyclic) bond motifs is 1. The first-order chi connectivity index (χ1) is 7.13. The van der Waals surface area contributed by atoms with E-state index in [4.69, 9.17) is 11.6 Å². The molecule has 0 radical (unpaired) electrons. The summed E-state index contributed by atoms with van der Waals surface area (Å²) >= 11 is 5.90. The van der Waals surface area contributed by atoms with Crippen LogP contribution >= 0.6 is 11.6 Å². The number of carbonyl (C=O) groups excluding carboxylic acids is 1. The Morgan fingerprint density at radius 2 is 2.13 bits per heavy atom. The molecule has 0 bridgehead atoms. The van der Waals surface area contributed by atoms with Crippen molar-refractivity contribution in [3.63, 3.8) is 0 Å². The zero-order chi connectivity index (χ0) is 11.0. The average Bonchev–Trinajstić information content (AvgIpc) is 2.54. The van der Waals surface area contributed by atoms with Crippen LogP contribution in [0.15, 0.2) is 24.3 Å². The topological polar surface area (TPSA) is 22.0 Å². The number of aryl methyl sites for hydroxylation is 1. The Morgan fingerprint density at radius 1 is 1.40 bits per heavy atom. The van der Waals surface area contributed by atoms with Crippen molar-refractivity contribution < 1.29 is 4.79 Å². The molecule has 0 aliphatic carbocycles. The molecule has 78 valence electrons. The largest absolute Gasteiger partial charge is 0.341 e. The number of benzene rings is 1. The lowest BCUT2D eigenvalue weighted by molar-refractivity contribution is 0.0981. The zero-order valence-electron chi connectivity index (χ0n) is 8.75. The first kappa shape index (κ1) is 10.2. The molecule has 0 N–H and O–H groups in total. The number of ketones is 1. The maximum Gasteiger partial charge on any atom is 0.178 e. The predicted molar refractivity (Wildman–Crippen MR) is 62.6 cm³/mol. The highest BCUT2D eigenvalue weighted by Gasteiger charge is 2.11. The summed E-state index contributed by atoms with van der Waals surface area (Å²) in [5, 5.41) is 1.71. The number of carbonyl (C=O) groups is 1. The molecule has 2 nitrogen and oxygen atoms in total. The van der Waals surface area contributed by atoms with Crippen molar-refractivity contribution in [1.29, 1.82) is 0 Å². The van der Waals surface area contributed by atoms with Gasteiger partial charge in [-0.2, -0.15) is 0 Å². The van der Waals surface area contributed by atoms with Gasteiger partial charge < -0.3 is 4.57 Å². The SMILES string of the molecule is CCC(=O)c1cc2cc(Cl)ccc2n1C. The standard InChI is InChI=1S/C12H12ClNO/c1-3-12(15)11-7-8-6-9(13)4-5-10(8)14(11)2/h4-7H,3H2,1-2H3. The van der Waals surface area contributed by atoms with E-state index in [2.05, 4.69) is 0 Å². The van der Waals surface area contributed by atoms with Crippen LogP contribution in [0, 0.1) is 0 Å². The fourth-order valence-corrected chi connectivity index (χ4v) is 1.95. The summed E-state index contributed by atoms with van der Waals surface area (Å²) in [7, 11) is 1.90. The molecule has 0 unspecified atom stereocenters. The average molecular weight is 222 g/mol. The molecule has 0 aliphatic rings.